The minimum atomic E-state index is -4.76. The zero-order valence-electron chi connectivity index (χ0n) is 15.5. The van der Waals surface area contributed by atoms with Gasteiger partial charge in [0.1, 0.15) is 5.65 Å². The SMILES string of the molecule is O=C(O)c1ccc(-n2cc(C(=O)c3c(Cl)cccc3C(F)(F)F)c3cccnc32)cc1. The molecule has 0 spiro atoms. The summed E-state index contributed by atoms with van der Waals surface area (Å²) in [5.41, 5.74) is -0.891. The molecule has 2 aromatic carbocycles. The molecule has 0 aliphatic rings. The highest BCUT2D eigenvalue weighted by Crippen LogP contribution is 2.37. The normalized spacial score (nSPS) is 11.6. The van der Waals surface area contributed by atoms with Crippen LogP contribution >= 0.6 is 11.6 Å². The number of hydrogen-bond acceptors (Lipinski definition) is 3. The number of aromatic nitrogens is 2. The number of nitrogens with zero attached hydrogens (tertiary/aromatic N) is 2. The predicted octanol–water partition coefficient (Wildman–Crippen LogP) is 5.63. The van der Waals surface area contributed by atoms with Gasteiger partial charge in [-0.3, -0.25) is 4.79 Å². The van der Waals surface area contributed by atoms with E-state index in [2.05, 4.69) is 4.98 Å². The number of hydrogen-bond donors (Lipinski definition) is 1. The first kappa shape index (κ1) is 20.6. The molecular formula is C22H12ClF3N2O3. The molecule has 1 N–H and O–H groups in total. The quantitative estimate of drug-likeness (QED) is 0.414. The summed E-state index contributed by atoms with van der Waals surface area (Å²) >= 11 is 6.00. The lowest BCUT2D eigenvalue weighted by Crippen LogP contribution is -2.14. The van der Waals surface area contributed by atoms with Crippen LogP contribution in [-0.2, 0) is 6.18 Å². The van der Waals surface area contributed by atoms with Crippen molar-refractivity contribution in [1.29, 1.82) is 0 Å². The van der Waals surface area contributed by atoms with Gasteiger partial charge in [0.2, 0.25) is 0 Å². The number of benzene rings is 2. The van der Waals surface area contributed by atoms with E-state index in [1.54, 1.807) is 12.1 Å². The first-order chi connectivity index (χ1) is 14.7. The molecule has 5 nitrogen and oxygen atoms in total. The third kappa shape index (κ3) is 3.66. The van der Waals surface area contributed by atoms with Crippen LogP contribution in [0.1, 0.15) is 31.8 Å². The number of carboxylic acid groups (broad SMARTS) is 1. The number of ketones is 1. The van der Waals surface area contributed by atoms with Gasteiger partial charge in [0.05, 0.1) is 27.3 Å². The van der Waals surface area contributed by atoms with Crippen molar-refractivity contribution < 1.29 is 27.9 Å². The molecule has 0 saturated heterocycles. The average Bonchev–Trinajstić information content (AvgIpc) is 3.12. The van der Waals surface area contributed by atoms with Crippen molar-refractivity contribution in [1.82, 2.24) is 9.55 Å². The van der Waals surface area contributed by atoms with Crippen molar-refractivity contribution in [3.8, 4) is 5.69 Å². The van der Waals surface area contributed by atoms with Gasteiger partial charge in [-0.15, -0.1) is 0 Å². The molecule has 0 fully saturated rings. The fraction of sp³-hybridized carbons (Fsp3) is 0.0455. The number of fused-ring (bicyclic) bond motifs is 1. The molecule has 9 heteroatoms. The second-order valence-electron chi connectivity index (χ2n) is 6.63. The molecular weight excluding hydrogens is 433 g/mol. The number of carbonyl (C=O) groups excluding carboxylic acids is 1. The predicted molar refractivity (Wildman–Crippen MR) is 108 cm³/mol. The van der Waals surface area contributed by atoms with Gasteiger partial charge in [-0.05, 0) is 48.5 Å². The van der Waals surface area contributed by atoms with Gasteiger partial charge in [-0.1, -0.05) is 17.7 Å². The Labute approximate surface area is 178 Å². The third-order valence-corrected chi connectivity index (χ3v) is 5.06. The topological polar surface area (TPSA) is 72.2 Å². The number of alkyl halides is 3. The summed E-state index contributed by atoms with van der Waals surface area (Å²) in [6.45, 7) is 0. The smallest absolute Gasteiger partial charge is 0.417 e. The minimum Gasteiger partial charge on any atom is -0.478 e. The third-order valence-electron chi connectivity index (χ3n) is 4.75. The van der Waals surface area contributed by atoms with E-state index in [1.807, 2.05) is 0 Å². The number of carbonyl (C=O) groups is 2. The van der Waals surface area contributed by atoms with E-state index in [4.69, 9.17) is 16.7 Å². The Hall–Kier alpha value is -3.65. The van der Waals surface area contributed by atoms with E-state index in [-0.39, 0.29) is 16.1 Å². The van der Waals surface area contributed by atoms with Gasteiger partial charge in [0, 0.05) is 23.5 Å². The van der Waals surface area contributed by atoms with E-state index in [1.165, 1.54) is 47.3 Å². The maximum absolute atomic E-state index is 13.5. The summed E-state index contributed by atoms with van der Waals surface area (Å²) in [6, 6.07) is 12.1. The van der Waals surface area contributed by atoms with E-state index in [0.29, 0.717) is 16.7 Å². The molecule has 31 heavy (non-hydrogen) atoms. The second kappa shape index (κ2) is 7.55. The Morgan fingerprint density at radius 2 is 1.71 bits per heavy atom. The summed E-state index contributed by atoms with van der Waals surface area (Å²) in [4.78, 5) is 28.6. The molecule has 0 unspecified atom stereocenters. The fourth-order valence-electron chi connectivity index (χ4n) is 3.33. The average molecular weight is 445 g/mol. The number of carboxylic acids is 1. The summed E-state index contributed by atoms with van der Waals surface area (Å²) in [5, 5.41) is 9.10. The van der Waals surface area contributed by atoms with Crippen molar-refractivity contribution in [3.63, 3.8) is 0 Å². The fourth-order valence-corrected chi connectivity index (χ4v) is 3.59. The van der Waals surface area contributed by atoms with Crippen LogP contribution in [0.2, 0.25) is 5.02 Å². The zero-order valence-corrected chi connectivity index (χ0v) is 16.3. The van der Waals surface area contributed by atoms with E-state index < -0.39 is 29.1 Å². The summed E-state index contributed by atoms with van der Waals surface area (Å²) < 4.78 is 42.1. The molecule has 0 amide bonds. The Morgan fingerprint density at radius 1 is 1.00 bits per heavy atom. The van der Waals surface area contributed by atoms with E-state index in [9.17, 15) is 22.8 Å². The molecule has 2 aromatic heterocycles. The van der Waals surface area contributed by atoms with Crippen LogP contribution in [0.3, 0.4) is 0 Å². The van der Waals surface area contributed by atoms with Crippen LogP contribution in [0.5, 0.6) is 0 Å². The first-order valence-electron chi connectivity index (χ1n) is 8.88. The highest BCUT2D eigenvalue weighted by molar-refractivity contribution is 6.35. The van der Waals surface area contributed by atoms with Crippen molar-refractivity contribution in [2.75, 3.05) is 0 Å². The molecule has 0 aliphatic carbocycles. The van der Waals surface area contributed by atoms with Crippen LogP contribution in [-0.4, -0.2) is 26.4 Å². The molecule has 4 aromatic rings. The van der Waals surface area contributed by atoms with Crippen LogP contribution in [0.15, 0.2) is 67.0 Å². The maximum atomic E-state index is 13.5. The van der Waals surface area contributed by atoms with Gasteiger partial charge < -0.3 is 9.67 Å². The molecule has 0 bridgehead atoms. The summed E-state index contributed by atoms with van der Waals surface area (Å²) in [5.74, 6) is -1.99. The lowest BCUT2D eigenvalue weighted by molar-refractivity contribution is -0.137. The Bertz CT molecular complexity index is 1330. The lowest BCUT2D eigenvalue weighted by atomic mass is 9.98. The van der Waals surface area contributed by atoms with Crippen LogP contribution in [0.25, 0.3) is 16.7 Å². The number of halogens is 4. The highest BCUT2D eigenvalue weighted by Gasteiger charge is 2.37. The molecule has 4 rings (SSSR count). The number of rotatable bonds is 4. The molecule has 0 saturated carbocycles. The van der Waals surface area contributed by atoms with Gasteiger partial charge in [0.25, 0.3) is 0 Å². The first-order valence-corrected chi connectivity index (χ1v) is 9.26. The van der Waals surface area contributed by atoms with Crippen LogP contribution < -0.4 is 0 Å². The zero-order chi connectivity index (χ0) is 22.3. The molecule has 0 radical (unpaired) electrons. The molecule has 2 heterocycles. The van der Waals surface area contributed by atoms with Crippen molar-refractivity contribution >= 4 is 34.4 Å². The maximum Gasteiger partial charge on any atom is 0.417 e. The molecule has 0 aliphatic heterocycles. The Balaban J connectivity index is 1.91. The monoisotopic (exact) mass is 444 g/mol. The lowest BCUT2D eigenvalue weighted by Gasteiger charge is -2.13. The van der Waals surface area contributed by atoms with E-state index >= 15 is 0 Å². The summed E-state index contributed by atoms with van der Waals surface area (Å²) in [7, 11) is 0. The Morgan fingerprint density at radius 3 is 2.35 bits per heavy atom. The molecule has 156 valence electrons. The van der Waals surface area contributed by atoms with Crippen molar-refractivity contribution in [2.24, 2.45) is 0 Å². The van der Waals surface area contributed by atoms with Gasteiger partial charge in [0.15, 0.2) is 5.78 Å². The van der Waals surface area contributed by atoms with Gasteiger partial charge >= 0.3 is 12.1 Å². The number of pyridine rings is 1. The van der Waals surface area contributed by atoms with Gasteiger partial charge in [-0.25, -0.2) is 9.78 Å². The largest absolute Gasteiger partial charge is 0.478 e. The summed E-state index contributed by atoms with van der Waals surface area (Å²) in [6.07, 6.45) is -1.91. The van der Waals surface area contributed by atoms with Crippen LogP contribution in [0.4, 0.5) is 13.2 Å². The van der Waals surface area contributed by atoms with Crippen LogP contribution in [0, 0.1) is 0 Å². The number of aromatic carboxylic acids is 1. The minimum absolute atomic E-state index is 0.0102. The van der Waals surface area contributed by atoms with Crippen molar-refractivity contribution in [3.05, 3.63) is 94.3 Å². The van der Waals surface area contributed by atoms with Gasteiger partial charge in [-0.2, -0.15) is 13.2 Å². The highest BCUT2D eigenvalue weighted by atomic mass is 35.5. The van der Waals surface area contributed by atoms with Crippen molar-refractivity contribution in [2.45, 2.75) is 6.18 Å². The van der Waals surface area contributed by atoms with E-state index in [0.717, 1.165) is 12.1 Å². The molecule has 0 atom stereocenters. The Kier molecular flexibility index (Phi) is 5.02. The standard InChI is InChI=1S/C22H12ClF3N2O3/c23-17-5-1-4-16(22(24,25)26)18(17)19(29)15-11-28(20-14(15)3-2-10-27-20)13-8-6-12(7-9-13)21(30)31/h1-11H,(H,30,31). The second-order valence-corrected chi connectivity index (χ2v) is 7.04.